The molecule has 15 heavy (non-hydrogen) atoms. The van der Waals surface area contributed by atoms with E-state index >= 15 is 0 Å². The van der Waals surface area contributed by atoms with E-state index in [1.54, 1.807) is 19.1 Å². The summed E-state index contributed by atoms with van der Waals surface area (Å²) >= 11 is 3.21. The van der Waals surface area contributed by atoms with Crippen LogP contribution in [0.4, 0.5) is 4.39 Å². The van der Waals surface area contributed by atoms with Crippen molar-refractivity contribution in [3.63, 3.8) is 0 Å². The highest BCUT2D eigenvalue weighted by atomic mass is 79.9. The number of halogens is 2. The van der Waals surface area contributed by atoms with Crippen LogP contribution in [0.15, 0.2) is 21.6 Å². The molecular weight excluding hydrogens is 261 g/mol. The molecule has 0 aromatic heterocycles. The van der Waals surface area contributed by atoms with Gasteiger partial charge in [0, 0.05) is 0 Å². The molecule has 0 N–H and O–H groups in total. The van der Waals surface area contributed by atoms with Crippen LogP contribution in [-0.4, -0.2) is 6.08 Å². The Kier molecular flexibility index (Phi) is 2.49. The average Bonchev–Trinajstić information content (AvgIpc) is 2.96. The highest BCUT2D eigenvalue weighted by molar-refractivity contribution is 9.10. The second kappa shape index (κ2) is 3.54. The first-order valence-corrected chi connectivity index (χ1v) is 5.44. The van der Waals surface area contributed by atoms with Gasteiger partial charge in [-0.15, -0.1) is 0 Å². The minimum Gasteiger partial charge on any atom is -0.211 e. The zero-order valence-electron chi connectivity index (χ0n) is 8.18. The van der Waals surface area contributed by atoms with E-state index in [1.165, 1.54) is 0 Å². The van der Waals surface area contributed by atoms with E-state index in [0.717, 1.165) is 18.4 Å². The normalized spacial score (nSPS) is 17.0. The molecule has 0 unspecified atom stereocenters. The van der Waals surface area contributed by atoms with Gasteiger partial charge in [0.1, 0.15) is 5.82 Å². The fourth-order valence-electron chi connectivity index (χ4n) is 1.65. The van der Waals surface area contributed by atoms with Gasteiger partial charge in [-0.1, -0.05) is 12.1 Å². The minimum atomic E-state index is -0.519. The van der Waals surface area contributed by atoms with E-state index in [2.05, 4.69) is 20.9 Å². The lowest BCUT2D eigenvalue weighted by Crippen LogP contribution is -2.05. The zero-order valence-corrected chi connectivity index (χ0v) is 9.77. The third-order valence-corrected chi connectivity index (χ3v) is 3.54. The Morgan fingerprint density at radius 2 is 2.20 bits per heavy atom. The number of aliphatic imine (C=N–C) groups is 1. The Bertz CT molecular complexity index is 462. The molecule has 1 aromatic rings. The van der Waals surface area contributed by atoms with Gasteiger partial charge in [-0.05, 0) is 46.8 Å². The Balaban J connectivity index is 2.55. The molecule has 1 aliphatic carbocycles. The van der Waals surface area contributed by atoms with Crippen molar-refractivity contribution in [2.24, 2.45) is 4.99 Å². The van der Waals surface area contributed by atoms with Gasteiger partial charge < -0.3 is 0 Å². The van der Waals surface area contributed by atoms with Gasteiger partial charge in [0.2, 0.25) is 6.08 Å². The summed E-state index contributed by atoms with van der Waals surface area (Å²) < 4.78 is 14.0. The third kappa shape index (κ3) is 1.64. The summed E-state index contributed by atoms with van der Waals surface area (Å²) in [5.74, 6) is -0.278. The molecular formula is C11H9BrFNO. The molecule has 0 amide bonds. The van der Waals surface area contributed by atoms with Crippen LogP contribution in [-0.2, 0) is 10.3 Å². The van der Waals surface area contributed by atoms with Crippen LogP contribution >= 0.6 is 15.9 Å². The van der Waals surface area contributed by atoms with Crippen molar-refractivity contribution in [2.75, 3.05) is 0 Å². The maximum atomic E-state index is 13.6. The van der Waals surface area contributed by atoms with Gasteiger partial charge in [-0.2, -0.15) is 4.99 Å². The molecule has 2 rings (SSSR count). The quantitative estimate of drug-likeness (QED) is 0.599. The number of benzene rings is 1. The maximum Gasteiger partial charge on any atom is 0.235 e. The lowest BCUT2D eigenvalue weighted by atomic mass is 10.0. The Hall–Kier alpha value is -0.990. The Morgan fingerprint density at radius 3 is 2.73 bits per heavy atom. The van der Waals surface area contributed by atoms with Gasteiger partial charge in [0.05, 0.1) is 10.0 Å². The molecule has 0 heterocycles. The molecule has 1 saturated carbocycles. The van der Waals surface area contributed by atoms with Crippen LogP contribution in [0.1, 0.15) is 24.0 Å². The van der Waals surface area contributed by atoms with Gasteiger partial charge in [0.25, 0.3) is 0 Å². The lowest BCUT2D eigenvalue weighted by molar-refractivity contribution is 0.554. The summed E-state index contributed by atoms with van der Waals surface area (Å²) in [6.45, 7) is 1.70. The van der Waals surface area contributed by atoms with Gasteiger partial charge >= 0.3 is 0 Å². The number of hydrogen-bond acceptors (Lipinski definition) is 2. The summed E-state index contributed by atoms with van der Waals surface area (Å²) in [4.78, 5) is 14.1. The average molecular weight is 270 g/mol. The first kappa shape index (κ1) is 10.5. The molecule has 4 heteroatoms. The molecule has 0 bridgehead atoms. The molecule has 0 radical (unpaired) electrons. The molecule has 1 fully saturated rings. The number of isocyanates is 1. The number of carbonyl (C=O) groups excluding carboxylic acids is 1. The van der Waals surface area contributed by atoms with Crippen LogP contribution in [0.2, 0.25) is 0 Å². The number of hydrogen-bond donors (Lipinski definition) is 0. The topological polar surface area (TPSA) is 29.4 Å². The largest absolute Gasteiger partial charge is 0.235 e. The predicted molar refractivity (Wildman–Crippen MR) is 57.9 cm³/mol. The number of nitrogens with zero attached hydrogens (tertiary/aromatic N) is 1. The smallest absolute Gasteiger partial charge is 0.211 e. The van der Waals surface area contributed by atoms with Crippen LogP contribution in [0.5, 0.6) is 0 Å². The van der Waals surface area contributed by atoms with Crippen molar-refractivity contribution in [3.8, 4) is 0 Å². The molecule has 0 saturated heterocycles. The summed E-state index contributed by atoms with van der Waals surface area (Å²) in [7, 11) is 0. The molecule has 1 aliphatic rings. The van der Waals surface area contributed by atoms with E-state index in [9.17, 15) is 9.18 Å². The van der Waals surface area contributed by atoms with Crippen molar-refractivity contribution in [3.05, 3.63) is 33.5 Å². The summed E-state index contributed by atoms with van der Waals surface area (Å²) in [5.41, 5.74) is 0.806. The summed E-state index contributed by atoms with van der Waals surface area (Å²) in [5, 5.41) is 0. The third-order valence-electron chi connectivity index (χ3n) is 2.76. The van der Waals surface area contributed by atoms with Crippen molar-refractivity contribution in [2.45, 2.75) is 25.3 Å². The van der Waals surface area contributed by atoms with Crippen molar-refractivity contribution < 1.29 is 9.18 Å². The van der Waals surface area contributed by atoms with E-state index in [1.807, 2.05) is 6.07 Å². The SMILES string of the molecule is Cc1ccc(C2(N=C=O)CC2)c(Br)c1F. The number of aryl methyl sites for hydroxylation is 1. The fraction of sp³-hybridized carbons (Fsp3) is 0.364. The molecule has 0 spiro atoms. The highest BCUT2D eigenvalue weighted by Gasteiger charge is 2.46. The van der Waals surface area contributed by atoms with E-state index in [4.69, 9.17) is 0 Å². The molecule has 0 aliphatic heterocycles. The first-order chi connectivity index (χ1) is 7.10. The molecule has 2 nitrogen and oxygen atoms in total. The van der Waals surface area contributed by atoms with Crippen molar-refractivity contribution in [1.82, 2.24) is 0 Å². The molecule has 0 atom stereocenters. The van der Waals surface area contributed by atoms with Gasteiger partial charge in [0.15, 0.2) is 0 Å². The van der Waals surface area contributed by atoms with Crippen molar-refractivity contribution >= 4 is 22.0 Å². The monoisotopic (exact) mass is 269 g/mol. The van der Waals surface area contributed by atoms with E-state index in [0.29, 0.717) is 10.0 Å². The standard InChI is InChI=1S/C11H9BrFNO/c1-7-2-3-8(9(12)10(7)13)11(4-5-11)14-6-15/h2-3H,4-5H2,1H3. The van der Waals surface area contributed by atoms with Crippen LogP contribution < -0.4 is 0 Å². The van der Waals surface area contributed by atoms with Crippen LogP contribution in [0.3, 0.4) is 0 Å². The maximum absolute atomic E-state index is 13.6. The summed E-state index contributed by atoms with van der Waals surface area (Å²) in [6, 6.07) is 3.52. The Morgan fingerprint density at radius 1 is 1.53 bits per heavy atom. The van der Waals surface area contributed by atoms with Crippen LogP contribution in [0.25, 0.3) is 0 Å². The highest BCUT2D eigenvalue weighted by Crippen LogP contribution is 2.51. The van der Waals surface area contributed by atoms with E-state index < -0.39 is 5.54 Å². The first-order valence-electron chi connectivity index (χ1n) is 4.65. The van der Waals surface area contributed by atoms with Gasteiger partial charge in [-0.3, -0.25) is 0 Å². The number of rotatable bonds is 2. The second-order valence-corrected chi connectivity index (χ2v) is 4.59. The van der Waals surface area contributed by atoms with Crippen molar-refractivity contribution in [1.29, 1.82) is 0 Å². The van der Waals surface area contributed by atoms with Crippen LogP contribution in [0, 0.1) is 12.7 Å². The molecule has 1 aromatic carbocycles. The Labute approximate surface area is 95.3 Å². The predicted octanol–water partition coefficient (Wildman–Crippen LogP) is 3.22. The van der Waals surface area contributed by atoms with E-state index in [-0.39, 0.29) is 5.82 Å². The second-order valence-electron chi connectivity index (χ2n) is 3.79. The lowest BCUT2D eigenvalue weighted by Gasteiger charge is -2.12. The van der Waals surface area contributed by atoms with Gasteiger partial charge in [-0.25, -0.2) is 9.18 Å². The molecule has 78 valence electrons. The fourth-order valence-corrected chi connectivity index (χ4v) is 2.47. The zero-order chi connectivity index (χ0) is 11.1. The minimum absolute atomic E-state index is 0.278. The summed E-state index contributed by atoms with van der Waals surface area (Å²) in [6.07, 6.45) is 3.12.